The molecule has 3 atom stereocenters. The first-order valence-electron chi connectivity index (χ1n) is 5.91. The fraction of sp³-hybridized carbons (Fsp3) is 0.917. The predicted molar refractivity (Wildman–Crippen MR) is 60.3 cm³/mol. The van der Waals surface area contributed by atoms with Crippen molar-refractivity contribution in [3.05, 3.63) is 0 Å². The van der Waals surface area contributed by atoms with Crippen LogP contribution in [0.1, 0.15) is 27.2 Å². The predicted octanol–water partition coefficient (Wildman–Crippen LogP) is 1.22. The third-order valence-corrected chi connectivity index (χ3v) is 4.34. The molecule has 0 bridgehead atoms. The zero-order valence-corrected chi connectivity index (χ0v) is 9.95. The molecule has 84 valence electrons. The van der Waals surface area contributed by atoms with Crippen molar-refractivity contribution in [2.24, 2.45) is 11.8 Å². The van der Waals surface area contributed by atoms with Crippen molar-refractivity contribution in [2.45, 2.75) is 38.8 Å². The van der Waals surface area contributed by atoms with Gasteiger partial charge in [-0.25, -0.2) is 0 Å². The first-order chi connectivity index (χ1) is 7.07. The van der Waals surface area contributed by atoms with Crippen molar-refractivity contribution in [1.29, 1.82) is 5.26 Å². The van der Waals surface area contributed by atoms with Gasteiger partial charge in [-0.2, -0.15) is 5.26 Å². The Balaban J connectivity index is 2.12. The highest BCUT2D eigenvalue weighted by molar-refractivity contribution is 5.06. The monoisotopic (exact) mass is 207 g/mol. The molecule has 1 N–H and O–H groups in total. The minimum Gasteiger partial charge on any atom is -0.316 e. The molecule has 0 aromatic rings. The maximum atomic E-state index is 8.78. The Morgan fingerprint density at radius 2 is 2.27 bits per heavy atom. The van der Waals surface area contributed by atoms with Crippen LogP contribution in [0, 0.1) is 23.2 Å². The SMILES string of the molecule is CC(CC#N)N1CC2CNCC2C1(C)C. The quantitative estimate of drug-likeness (QED) is 0.740. The number of nitriles is 1. The fourth-order valence-electron chi connectivity index (χ4n) is 3.44. The van der Waals surface area contributed by atoms with Crippen LogP contribution in [-0.4, -0.2) is 36.1 Å². The Kier molecular flexibility index (Phi) is 2.74. The van der Waals surface area contributed by atoms with E-state index in [1.807, 2.05) is 0 Å². The molecule has 0 radical (unpaired) electrons. The molecule has 15 heavy (non-hydrogen) atoms. The van der Waals surface area contributed by atoms with Crippen molar-refractivity contribution < 1.29 is 0 Å². The van der Waals surface area contributed by atoms with Crippen LogP contribution in [-0.2, 0) is 0 Å². The van der Waals surface area contributed by atoms with E-state index in [4.69, 9.17) is 5.26 Å². The van der Waals surface area contributed by atoms with Gasteiger partial charge in [-0.05, 0) is 39.2 Å². The highest BCUT2D eigenvalue weighted by Crippen LogP contribution is 2.41. The van der Waals surface area contributed by atoms with E-state index >= 15 is 0 Å². The third-order valence-electron chi connectivity index (χ3n) is 4.34. The minimum atomic E-state index is 0.254. The molecule has 0 saturated carbocycles. The van der Waals surface area contributed by atoms with E-state index in [9.17, 15) is 0 Å². The first kappa shape index (κ1) is 10.9. The van der Waals surface area contributed by atoms with Gasteiger partial charge >= 0.3 is 0 Å². The van der Waals surface area contributed by atoms with Crippen LogP contribution in [0.25, 0.3) is 0 Å². The molecule has 0 aromatic carbocycles. The summed E-state index contributed by atoms with van der Waals surface area (Å²) >= 11 is 0. The molecule has 0 aliphatic carbocycles. The number of hydrogen-bond acceptors (Lipinski definition) is 3. The van der Waals surface area contributed by atoms with Gasteiger partial charge in [0.15, 0.2) is 0 Å². The Hall–Kier alpha value is -0.590. The van der Waals surface area contributed by atoms with E-state index in [2.05, 4.69) is 37.1 Å². The molecular weight excluding hydrogens is 186 g/mol. The van der Waals surface area contributed by atoms with Gasteiger partial charge in [0, 0.05) is 24.7 Å². The number of likely N-dealkylation sites (tertiary alicyclic amines) is 1. The number of hydrogen-bond donors (Lipinski definition) is 1. The maximum Gasteiger partial charge on any atom is 0.0638 e. The van der Waals surface area contributed by atoms with Gasteiger partial charge in [0.1, 0.15) is 0 Å². The van der Waals surface area contributed by atoms with Gasteiger partial charge in [-0.1, -0.05) is 0 Å². The summed E-state index contributed by atoms with van der Waals surface area (Å²) in [5.74, 6) is 1.56. The summed E-state index contributed by atoms with van der Waals surface area (Å²) in [5, 5.41) is 12.3. The molecule has 3 heteroatoms. The molecule has 0 amide bonds. The van der Waals surface area contributed by atoms with Crippen molar-refractivity contribution >= 4 is 0 Å². The van der Waals surface area contributed by atoms with E-state index < -0.39 is 0 Å². The van der Waals surface area contributed by atoms with Crippen molar-refractivity contribution in [3.63, 3.8) is 0 Å². The Labute approximate surface area is 92.4 Å². The number of nitrogens with one attached hydrogen (secondary N) is 1. The second-order valence-corrected chi connectivity index (χ2v) is 5.54. The zero-order valence-electron chi connectivity index (χ0n) is 9.95. The molecule has 3 unspecified atom stereocenters. The summed E-state index contributed by atoms with van der Waals surface area (Å²) in [6.07, 6.45) is 0.649. The van der Waals surface area contributed by atoms with Crippen molar-refractivity contribution in [3.8, 4) is 6.07 Å². The Morgan fingerprint density at radius 1 is 1.53 bits per heavy atom. The molecular formula is C12H21N3. The zero-order chi connectivity index (χ0) is 11.1. The van der Waals surface area contributed by atoms with Crippen LogP contribution in [0.4, 0.5) is 0 Å². The van der Waals surface area contributed by atoms with E-state index in [1.165, 1.54) is 0 Å². The maximum absolute atomic E-state index is 8.78. The molecule has 2 rings (SSSR count). The molecule has 2 fully saturated rings. The second-order valence-electron chi connectivity index (χ2n) is 5.54. The molecule has 2 aliphatic heterocycles. The molecule has 3 nitrogen and oxygen atoms in total. The van der Waals surface area contributed by atoms with Crippen LogP contribution >= 0.6 is 0 Å². The molecule has 0 spiro atoms. The lowest BCUT2D eigenvalue weighted by molar-refractivity contribution is 0.0990. The van der Waals surface area contributed by atoms with Crippen LogP contribution in [0.5, 0.6) is 0 Å². The normalized spacial score (nSPS) is 36.1. The van der Waals surface area contributed by atoms with Crippen molar-refractivity contribution in [2.75, 3.05) is 19.6 Å². The minimum absolute atomic E-state index is 0.254. The molecule has 2 heterocycles. The lowest BCUT2D eigenvalue weighted by Crippen LogP contribution is -2.48. The summed E-state index contributed by atoms with van der Waals surface area (Å²) in [4.78, 5) is 2.53. The smallest absolute Gasteiger partial charge is 0.0638 e. The fourth-order valence-corrected chi connectivity index (χ4v) is 3.44. The van der Waals surface area contributed by atoms with E-state index in [0.717, 1.165) is 31.5 Å². The Morgan fingerprint density at radius 3 is 2.87 bits per heavy atom. The number of rotatable bonds is 2. The molecule has 2 aliphatic rings. The lowest BCUT2D eigenvalue weighted by Gasteiger charge is -2.39. The molecule has 0 aromatic heterocycles. The standard InChI is InChI=1S/C12H21N3/c1-9(4-5-13)15-8-10-6-14-7-11(10)12(15,2)3/h9-11,14H,4,6-8H2,1-3H3. The second kappa shape index (κ2) is 3.77. The van der Waals surface area contributed by atoms with Gasteiger partial charge < -0.3 is 5.32 Å². The summed E-state index contributed by atoms with van der Waals surface area (Å²) in [6.45, 7) is 10.3. The van der Waals surface area contributed by atoms with Crippen LogP contribution in [0.15, 0.2) is 0 Å². The van der Waals surface area contributed by atoms with Gasteiger partial charge in [-0.15, -0.1) is 0 Å². The molecule has 2 saturated heterocycles. The van der Waals surface area contributed by atoms with Gasteiger partial charge in [0.25, 0.3) is 0 Å². The average molecular weight is 207 g/mol. The van der Waals surface area contributed by atoms with Gasteiger partial charge in [0.2, 0.25) is 0 Å². The topological polar surface area (TPSA) is 39.1 Å². The Bertz CT molecular complexity index is 279. The van der Waals surface area contributed by atoms with E-state index in [-0.39, 0.29) is 5.54 Å². The van der Waals surface area contributed by atoms with Gasteiger partial charge in [-0.3, -0.25) is 4.90 Å². The summed E-state index contributed by atoms with van der Waals surface area (Å²) < 4.78 is 0. The lowest BCUT2D eigenvalue weighted by atomic mass is 9.84. The summed E-state index contributed by atoms with van der Waals surface area (Å²) in [6, 6.07) is 2.69. The highest BCUT2D eigenvalue weighted by Gasteiger charge is 2.50. The summed E-state index contributed by atoms with van der Waals surface area (Å²) in [5.41, 5.74) is 0.254. The summed E-state index contributed by atoms with van der Waals surface area (Å²) in [7, 11) is 0. The number of nitrogens with zero attached hydrogens (tertiary/aromatic N) is 2. The van der Waals surface area contributed by atoms with Crippen LogP contribution < -0.4 is 5.32 Å². The van der Waals surface area contributed by atoms with E-state index in [1.54, 1.807) is 0 Å². The third kappa shape index (κ3) is 1.66. The van der Waals surface area contributed by atoms with Crippen molar-refractivity contribution in [1.82, 2.24) is 10.2 Å². The van der Waals surface area contributed by atoms with Crippen LogP contribution in [0.3, 0.4) is 0 Å². The van der Waals surface area contributed by atoms with Gasteiger partial charge in [0.05, 0.1) is 12.5 Å². The first-order valence-corrected chi connectivity index (χ1v) is 5.91. The van der Waals surface area contributed by atoms with E-state index in [0.29, 0.717) is 12.5 Å². The highest BCUT2D eigenvalue weighted by atomic mass is 15.3. The largest absolute Gasteiger partial charge is 0.316 e. The average Bonchev–Trinajstić information content (AvgIpc) is 2.69. The number of fused-ring (bicyclic) bond motifs is 1. The van der Waals surface area contributed by atoms with Crippen LogP contribution in [0.2, 0.25) is 0 Å².